The van der Waals surface area contributed by atoms with Crippen molar-refractivity contribution in [2.45, 2.75) is 82.8 Å². The van der Waals surface area contributed by atoms with Gasteiger partial charge >= 0.3 is 0 Å². The molecule has 0 spiro atoms. The van der Waals surface area contributed by atoms with Gasteiger partial charge in [-0.05, 0) is 43.9 Å². The molecule has 2 atom stereocenters. The molecule has 2 aliphatic carbocycles. The molecule has 1 aliphatic heterocycles. The number of allylic oxidation sites excluding steroid dienone is 1. The number of epoxide rings is 1. The van der Waals surface area contributed by atoms with E-state index in [1.54, 1.807) is 0 Å². The molecule has 0 aromatic carbocycles. The van der Waals surface area contributed by atoms with Crippen molar-refractivity contribution in [1.29, 1.82) is 0 Å². The lowest BCUT2D eigenvalue weighted by atomic mass is 9.85. The van der Waals surface area contributed by atoms with Crippen molar-refractivity contribution in [3.8, 4) is 0 Å². The van der Waals surface area contributed by atoms with Crippen molar-refractivity contribution in [3.63, 3.8) is 0 Å². The first-order valence-electron chi connectivity index (χ1n) is 9.33. The largest absolute Gasteiger partial charge is 0.377 e. The quantitative estimate of drug-likeness (QED) is 0.379. The minimum atomic E-state index is 0.510. The molecule has 120 valence electrons. The molecule has 0 aromatic heterocycles. The lowest BCUT2D eigenvalue weighted by Crippen LogP contribution is -2.15. The topological polar surface area (TPSA) is 21.8 Å². The maximum atomic E-state index is 5.86. The summed E-state index contributed by atoms with van der Waals surface area (Å²) in [4.78, 5) is 0. The second-order valence-corrected chi connectivity index (χ2v) is 7.23. The van der Waals surface area contributed by atoms with E-state index in [2.05, 4.69) is 12.2 Å². The van der Waals surface area contributed by atoms with Crippen LogP contribution in [0.2, 0.25) is 0 Å². The fourth-order valence-corrected chi connectivity index (χ4v) is 4.19. The second kappa shape index (κ2) is 8.33. The summed E-state index contributed by atoms with van der Waals surface area (Å²) in [6.45, 7) is 1.65. The third-order valence-electron chi connectivity index (χ3n) is 5.56. The molecule has 3 fully saturated rings. The van der Waals surface area contributed by atoms with E-state index in [0.29, 0.717) is 12.2 Å². The predicted molar refractivity (Wildman–Crippen MR) is 86.4 cm³/mol. The first kappa shape index (κ1) is 15.6. The van der Waals surface area contributed by atoms with Crippen LogP contribution in [0, 0.1) is 11.8 Å². The van der Waals surface area contributed by atoms with Crippen LogP contribution in [0.4, 0.5) is 0 Å². The fourth-order valence-electron chi connectivity index (χ4n) is 4.19. The van der Waals surface area contributed by atoms with Gasteiger partial charge in [-0.1, -0.05) is 50.7 Å². The van der Waals surface area contributed by atoms with Crippen molar-refractivity contribution in [3.05, 3.63) is 12.2 Å². The van der Waals surface area contributed by atoms with Gasteiger partial charge < -0.3 is 9.47 Å². The van der Waals surface area contributed by atoms with Crippen molar-refractivity contribution in [2.24, 2.45) is 11.8 Å². The highest BCUT2D eigenvalue weighted by molar-refractivity contribution is 4.92. The van der Waals surface area contributed by atoms with Crippen LogP contribution < -0.4 is 0 Å². The number of hydrogen-bond donors (Lipinski definition) is 0. The lowest BCUT2D eigenvalue weighted by molar-refractivity contribution is 0.151. The van der Waals surface area contributed by atoms with Crippen LogP contribution in [0.5, 0.6) is 0 Å². The zero-order valence-electron chi connectivity index (χ0n) is 13.5. The summed E-state index contributed by atoms with van der Waals surface area (Å²) in [5, 5.41) is 0. The summed E-state index contributed by atoms with van der Waals surface area (Å²) >= 11 is 0. The molecule has 2 unspecified atom stereocenters. The Morgan fingerprint density at radius 3 is 2.38 bits per heavy atom. The van der Waals surface area contributed by atoms with E-state index in [0.717, 1.165) is 31.5 Å². The number of rotatable bonds is 7. The molecule has 0 amide bonds. The first-order valence-corrected chi connectivity index (χ1v) is 9.33. The standard InChI is InChI=1S/C19H32O2/c1-3-8-16(9-4-1)10-7-14-20-15-13-18-19(21-18)17-11-5-2-6-12-17/h7,10,16-19H,1-6,8-9,11-15H2. The zero-order chi connectivity index (χ0) is 14.3. The van der Waals surface area contributed by atoms with Gasteiger partial charge in [-0.2, -0.15) is 0 Å². The van der Waals surface area contributed by atoms with Gasteiger partial charge in [0.1, 0.15) is 0 Å². The average molecular weight is 292 g/mol. The molecule has 3 rings (SSSR count). The zero-order valence-corrected chi connectivity index (χ0v) is 13.5. The van der Waals surface area contributed by atoms with Crippen molar-refractivity contribution >= 4 is 0 Å². The summed E-state index contributed by atoms with van der Waals surface area (Å²) in [5.74, 6) is 1.68. The molecule has 1 saturated heterocycles. The third-order valence-corrected chi connectivity index (χ3v) is 5.56. The Kier molecular flexibility index (Phi) is 6.17. The Morgan fingerprint density at radius 1 is 0.905 bits per heavy atom. The molecular formula is C19H32O2. The van der Waals surface area contributed by atoms with E-state index in [4.69, 9.17) is 9.47 Å². The van der Waals surface area contributed by atoms with Crippen LogP contribution in [-0.2, 0) is 9.47 Å². The Balaban J connectivity index is 1.20. The summed E-state index contributed by atoms with van der Waals surface area (Å²) in [6.07, 6.45) is 20.9. The lowest BCUT2D eigenvalue weighted by Gasteiger charge is -2.19. The predicted octanol–water partition coefficient (Wildman–Crippen LogP) is 4.88. The van der Waals surface area contributed by atoms with E-state index in [9.17, 15) is 0 Å². The van der Waals surface area contributed by atoms with E-state index in [1.165, 1.54) is 64.2 Å². The third kappa shape index (κ3) is 5.10. The summed E-state index contributed by atoms with van der Waals surface area (Å²) in [6, 6.07) is 0. The minimum absolute atomic E-state index is 0.510. The van der Waals surface area contributed by atoms with Crippen LogP contribution in [0.25, 0.3) is 0 Å². The highest BCUT2D eigenvalue weighted by Crippen LogP contribution is 2.39. The van der Waals surface area contributed by atoms with Crippen molar-refractivity contribution in [1.82, 2.24) is 0 Å². The molecule has 0 radical (unpaired) electrons. The van der Waals surface area contributed by atoms with Gasteiger partial charge in [-0.15, -0.1) is 0 Å². The average Bonchev–Trinajstić information content (AvgIpc) is 3.32. The van der Waals surface area contributed by atoms with Gasteiger partial charge in [0.05, 0.1) is 18.8 Å². The van der Waals surface area contributed by atoms with Gasteiger partial charge in [-0.25, -0.2) is 0 Å². The Morgan fingerprint density at radius 2 is 1.62 bits per heavy atom. The van der Waals surface area contributed by atoms with E-state index >= 15 is 0 Å². The molecule has 2 saturated carbocycles. The fraction of sp³-hybridized carbons (Fsp3) is 0.895. The van der Waals surface area contributed by atoms with Crippen molar-refractivity contribution < 1.29 is 9.47 Å². The van der Waals surface area contributed by atoms with Gasteiger partial charge in [0.25, 0.3) is 0 Å². The van der Waals surface area contributed by atoms with Crippen LogP contribution >= 0.6 is 0 Å². The van der Waals surface area contributed by atoms with E-state index in [-0.39, 0.29) is 0 Å². The Bertz CT molecular complexity index is 314. The number of hydrogen-bond acceptors (Lipinski definition) is 2. The minimum Gasteiger partial charge on any atom is -0.377 e. The maximum Gasteiger partial charge on any atom is 0.0870 e. The molecular weight excluding hydrogens is 260 g/mol. The molecule has 2 nitrogen and oxygen atoms in total. The monoisotopic (exact) mass is 292 g/mol. The summed E-state index contributed by atoms with van der Waals surface area (Å²) < 4.78 is 11.6. The van der Waals surface area contributed by atoms with Crippen LogP contribution in [0.3, 0.4) is 0 Å². The van der Waals surface area contributed by atoms with Crippen LogP contribution in [0.1, 0.15) is 70.6 Å². The molecule has 0 N–H and O–H groups in total. The first-order chi connectivity index (χ1) is 10.4. The number of ether oxygens (including phenoxy) is 2. The molecule has 3 aliphatic rings. The summed E-state index contributed by atoms with van der Waals surface area (Å²) in [5.41, 5.74) is 0. The Labute approximate surface area is 130 Å². The molecule has 21 heavy (non-hydrogen) atoms. The Hall–Kier alpha value is -0.340. The maximum absolute atomic E-state index is 5.86. The highest BCUT2D eigenvalue weighted by atomic mass is 16.6. The molecule has 0 aromatic rings. The van der Waals surface area contributed by atoms with Crippen LogP contribution in [-0.4, -0.2) is 25.4 Å². The van der Waals surface area contributed by atoms with Gasteiger partial charge in [0.2, 0.25) is 0 Å². The molecule has 1 heterocycles. The SMILES string of the molecule is C(=CC1CCCCC1)COCCC1OC1C1CCCCC1. The van der Waals surface area contributed by atoms with Gasteiger partial charge in [0.15, 0.2) is 0 Å². The van der Waals surface area contributed by atoms with E-state index in [1.807, 2.05) is 0 Å². The second-order valence-electron chi connectivity index (χ2n) is 7.23. The van der Waals surface area contributed by atoms with Crippen molar-refractivity contribution in [2.75, 3.05) is 13.2 Å². The molecule has 0 bridgehead atoms. The molecule has 2 heteroatoms. The smallest absolute Gasteiger partial charge is 0.0870 e. The highest BCUT2D eigenvalue weighted by Gasteiger charge is 2.44. The normalized spacial score (nSPS) is 31.8. The summed E-state index contributed by atoms with van der Waals surface area (Å²) in [7, 11) is 0. The van der Waals surface area contributed by atoms with Crippen LogP contribution in [0.15, 0.2) is 12.2 Å². The van der Waals surface area contributed by atoms with Gasteiger partial charge in [-0.3, -0.25) is 0 Å². The van der Waals surface area contributed by atoms with Gasteiger partial charge in [0, 0.05) is 6.61 Å². The van der Waals surface area contributed by atoms with E-state index < -0.39 is 0 Å².